The number of allylic oxidation sites excluding steroid dienone is 1. The first-order valence-corrected chi connectivity index (χ1v) is 5.34. The molecule has 90 valence electrons. The average molecular weight is 230 g/mol. The quantitative estimate of drug-likeness (QED) is 0.313. The monoisotopic (exact) mass is 230 g/mol. The summed E-state index contributed by atoms with van der Waals surface area (Å²) >= 11 is 0. The van der Waals surface area contributed by atoms with Gasteiger partial charge in [-0.25, -0.2) is 4.79 Å². The van der Waals surface area contributed by atoms with E-state index in [1.54, 1.807) is 0 Å². The predicted octanol–water partition coefficient (Wildman–Crippen LogP) is 3.28. The topological polar surface area (TPSA) is 26.3 Å². The third-order valence-corrected chi connectivity index (χ3v) is 1.75. The van der Waals surface area contributed by atoms with Crippen molar-refractivity contribution in [1.29, 1.82) is 0 Å². The first kappa shape index (κ1) is 14.6. The fourth-order valence-electron chi connectivity index (χ4n) is 0.942. The summed E-state index contributed by atoms with van der Waals surface area (Å²) in [6.07, 6.45) is 3.38. The molecule has 0 unspecified atom stereocenters. The van der Waals surface area contributed by atoms with Crippen LogP contribution in [0.5, 0.6) is 0 Å². The van der Waals surface area contributed by atoms with Crippen LogP contribution in [0.3, 0.4) is 0 Å². The summed E-state index contributed by atoms with van der Waals surface area (Å²) in [7, 11) is 0. The lowest BCUT2D eigenvalue weighted by Crippen LogP contribution is -2.05. The Labute approximate surface area is 94.7 Å². The van der Waals surface area contributed by atoms with Gasteiger partial charge in [-0.05, 0) is 19.3 Å². The van der Waals surface area contributed by atoms with E-state index in [1.165, 1.54) is 6.92 Å². The smallest absolute Gasteiger partial charge is 0.371 e. The van der Waals surface area contributed by atoms with Crippen molar-refractivity contribution < 1.29 is 18.3 Å². The highest BCUT2D eigenvalue weighted by molar-refractivity contribution is 5.87. The van der Waals surface area contributed by atoms with E-state index >= 15 is 0 Å². The van der Waals surface area contributed by atoms with Crippen LogP contribution in [0.25, 0.3) is 0 Å². The molecule has 0 heterocycles. The Morgan fingerprint density at radius 3 is 2.50 bits per heavy atom. The minimum absolute atomic E-state index is 0.00343. The first-order valence-electron chi connectivity index (χ1n) is 5.34. The summed E-state index contributed by atoms with van der Waals surface area (Å²) < 4.78 is 30.1. The average Bonchev–Trinajstić information content (AvgIpc) is 2.27. The first-order chi connectivity index (χ1) is 7.63. The maximum atomic E-state index is 12.9. The number of hydrogen-bond acceptors (Lipinski definition) is 2. The zero-order valence-electron chi connectivity index (χ0n) is 9.61. The molecule has 0 bridgehead atoms. The number of unbranched alkanes of at least 4 members (excludes halogenated alkanes) is 3. The number of hydrogen-bond donors (Lipinski definition) is 0. The van der Waals surface area contributed by atoms with Crippen LogP contribution in [0.1, 0.15) is 39.5 Å². The SMILES string of the molecule is CCCCCC#C/C(F)=C(/F)C(=O)OCC. The Morgan fingerprint density at radius 1 is 1.25 bits per heavy atom. The summed E-state index contributed by atoms with van der Waals surface area (Å²) in [5.41, 5.74) is 0. The van der Waals surface area contributed by atoms with Crippen LogP contribution >= 0.6 is 0 Å². The zero-order chi connectivity index (χ0) is 12.4. The third kappa shape index (κ3) is 6.18. The van der Waals surface area contributed by atoms with Gasteiger partial charge in [0.05, 0.1) is 6.61 Å². The molecule has 0 rings (SSSR count). The minimum Gasteiger partial charge on any atom is -0.461 e. The van der Waals surface area contributed by atoms with Crippen LogP contribution in [0, 0.1) is 11.8 Å². The molecule has 0 fully saturated rings. The van der Waals surface area contributed by atoms with Gasteiger partial charge in [0.2, 0.25) is 5.83 Å². The van der Waals surface area contributed by atoms with E-state index in [4.69, 9.17) is 0 Å². The van der Waals surface area contributed by atoms with E-state index in [1.807, 2.05) is 12.8 Å². The Kier molecular flexibility index (Phi) is 8.14. The normalized spacial score (nSPS) is 11.2. The fourth-order valence-corrected chi connectivity index (χ4v) is 0.942. The van der Waals surface area contributed by atoms with Gasteiger partial charge >= 0.3 is 5.97 Å². The maximum Gasteiger partial charge on any atom is 0.371 e. The lowest BCUT2D eigenvalue weighted by atomic mass is 10.2. The van der Waals surface area contributed by atoms with Crippen LogP contribution in [-0.2, 0) is 9.53 Å². The van der Waals surface area contributed by atoms with Crippen molar-refractivity contribution in [2.75, 3.05) is 6.61 Å². The van der Waals surface area contributed by atoms with Gasteiger partial charge in [0, 0.05) is 6.42 Å². The van der Waals surface area contributed by atoms with Gasteiger partial charge < -0.3 is 4.74 Å². The van der Waals surface area contributed by atoms with Crippen LogP contribution in [0.15, 0.2) is 11.7 Å². The van der Waals surface area contributed by atoms with Crippen molar-refractivity contribution in [3.63, 3.8) is 0 Å². The molecule has 0 amide bonds. The highest BCUT2D eigenvalue weighted by Gasteiger charge is 2.14. The third-order valence-electron chi connectivity index (χ3n) is 1.75. The van der Waals surface area contributed by atoms with Gasteiger partial charge in [-0.2, -0.15) is 8.78 Å². The van der Waals surface area contributed by atoms with E-state index in [-0.39, 0.29) is 6.61 Å². The van der Waals surface area contributed by atoms with Gasteiger partial charge in [0.15, 0.2) is 0 Å². The van der Waals surface area contributed by atoms with Crippen molar-refractivity contribution in [2.45, 2.75) is 39.5 Å². The number of rotatable bonds is 5. The van der Waals surface area contributed by atoms with Crippen molar-refractivity contribution in [3.05, 3.63) is 11.7 Å². The Hall–Kier alpha value is -1.37. The summed E-state index contributed by atoms with van der Waals surface area (Å²) in [5.74, 6) is 0.229. The molecule has 4 heteroatoms. The Morgan fingerprint density at radius 2 is 1.94 bits per heavy atom. The second-order valence-corrected chi connectivity index (χ2v) is 3.11. The molecule has 0 saturated carbocycles. The summed E-state index contributed by atoms with van der Waals surface area (Å²) in [6, 6.07) is 0. The molecule has 16 heavy (non-hydrogen) atoms. The highest BCUT2D eigenvalue weighted by atomic mass is 19.2. The summed E-state index contributed by atoms with van der Waals surface area (Å²) in [5, 5.41) is 0. The molecule has 0 radical (unpaired) electrons. The van der Waals surface area contributed by atoms with Crippen LogP contribution in [-0.4, -0.2) is 12.6 Å². The zero-order valence-corrected chi connectivity index (χ0v) is 9.61. The van der Waals surface area contributed by atoms with Crippen molar-refractivity contribution >= 4 is 5.97 Å². The molecule has 0 N–H and O–H groups in total. The highest BCUT2D eigenvalue weighted by Crippen LogP contribution is 2.09. The van der Waals surface area contributed by atoms with Gasteiger partial charge in [-0.3, -0.25) is 0 Å². The minimum atomic E-state index is -1.55. The van der Waals surface area contributed by atoms with E-state index in [9.17, 15) is 13.6 Å². The fraction of sp³-hybridized carbons (Fsp3) is 0.583. The largest absolute Gasteiger partial charge is 0.461 e. The molecule has 0 spiro atoms. The molecule has 0 aromatic heterocycles. The molecule has 0 aromatic carbocycles. The maximum absolute atomic E-state index is 12.9. The Bertz CT molecular complexity index is 311. The number of esters is 1. The second-order valence-electron chi connectivity index (χ2n) is 3.11. The summed E-state index contributed by atoms with van der Waals surface area (Å²) in [6.45, 7) is 3.55. The lowest BCUT2D eigenvalue weighted by Gasteiger charge is -1.96. The number of ether oxygens (including phenoxy) is 1. The molecule has 0 saturated heterocycles. The second kappa shape index (κ2) is 8.90. The Balaban J connectivity index is 4.24. The van der Waals surface area contributed by atoms with Gasteiger partial charge in [0.25, 0.3) is 5.83 Å². The van der Waals surface area contributed by atoms with Crippen molar-refractivity contribution in [2.24, 2.45) is 0 Å². The van der Waals surface area contributed by atoms with Crippen LogP contribution in [0.4, 0.5) is 8.78 Å². The van der Waals surface area contributed by atoms with Crippen LogP contribution in [0.2, 0.25) is 0 Å². The summed E-state index contributed by atoms with van der Waals surface area (Å²) in [4.78, 5) is 10.8. The predicted molar refractivity (Wildman–Crippen MR) is 57.8 cm³/mol. The molecule has 0 aromatic rings. The van der Waals surface area contributed by atoms with Gasteiger partial charge in [-0.15, -0.1) is 0 Å². The molecule has 0 aliphatic carbocycles. The molecule has 0 aliphatic heterocycles. The lowest BCUT2D eigenvalue weighted by molar-refractivity contribution is -0.140. The van der Waals surface area contributed by atoms with Crippen molar-refractivity contribution in [1.82, 2.24) is 0 Å². The molecule has 0 aliphatic rings. The van der Waals surface area contributed by atoms with E-state index in [0.29, 0.717) is 6.42 Å². The standard InChI is InChI=1S/C12H16F2O2/c1-3-5-6-7-8-9-10(13)11(14)12(15)16-4-2/h3-7H2,1-2H3/b11-10-. The number of carbonyl (C=O) groups is 1. The molecular formula is C12H16F2O2. The van der Waals surface area contributed by atoms with E-state index in [2.05, 4.69) is 10.7 Å². The molecular weight excluding hydrogens is 214 g/mol. The number of carbonyl (C=O) groups excluding carboxylic acids is 1. The number of halogens is 2. The van der Waals surface area contributed by atoms with Crippen molar-refractivity contribution in [3.8, 4) is 11.8 Å². The van der Waals surface area contributed by atoms with Gasteiger partial charge in [-0.1, -0.05) is 25.7 Å². The van der Waals surface area contributed by atoms with Crippen LogP contribution < -0.4 is 0 Å². The van der Waals surface area contributed by atoms with E-state index in [0.717, 1.165) is 19.3 Å². The molecule has 0 atom stereocenters. The van der Waals surface area contributed by atoms with Gasteiger partial charge in [0.1, 0.15) is 0 Å². The van der Waals surface area contributed by atoms with E-state index < -0.39 is 17.6 Å². The molecule has 2 nitrogen and oxygen atoms in total.